The molecule has 0 aromatic carbocycles. The van der Waals surface area contributed by atoms with Crippen molar-refractivity contribution in [3.63, 3.8) is 0 Å². The van der Waals surface area contributed by atoms with E-state index in [0.29, 0.717) is 25.9 Å². The molecular weight excluding hydrogens is 337 g/mol. The first-order valence-electron chi connectivity index (χ1n) is 6.90. The lowest BCUT2D eigenvalue weighted by molar-refractivity contribution is -0.142. The largest absolute Gasteiger partial charge is 0.435 e. The number of amides is 1. The van der Waals surface area contributed by atoms with E-state index in [1.807, 2.05) is 0 Å². The van der Waals surface area contributed by atoms with Crippen molar-refractivity contribution in [2.45, 2.75) is 31.6 Å². The van der Waals surface area contributed by atoms with Gasteiger partial charge in [-0.2, -0.15) is 18.3 Å². The summed E-state index contributed by atoms with van der Waals surface area (Å²) >= 11 is 0. The van der Waals surface area contributed by atoms with Gasteiger partial charge in [0.1, 0.15) is 6.54 Å². The highest BCUT2D eigenvalue weighted by atomic mass is 32.2. The van der Waals surface area contributed by atoms with Crippen LogP contribution in [-0.4, -0.2) is 54.4 Å². The van der Waals surface area contributed by atoms with Crippen molar-refractivity contribution in [3.05, 3.63) is 18.0 Å². The maximum Gasteiger partial charge on any atom is 0.435 e. The summed E-state index contributed by atoms with van der Waals surface area (Å²) in [5.41, 5.74) is -1.04. The molecule has 11 heteroatoms. The van der Waals surface area contributed by atoms with Gasteiger partial charge >= 0.3 is 6.18 Å². The fourth-order valence-electron chi connectivity index (χ4n) is 2.39. The van der Waals surface area contributed by atoms with Crippen molar-refractivity contribution < 1.29 is 26.4 Å². The zero-order valence-electron chi connectivity index (χ0n) is 12.4. The van der Waals surface area contributed by atoms with Gasteiger partial charge in [0.25, 0.3) is 0 Å². The summed E-state index contributed by atoms with van der Waals surface area (Å²) in [4.78, 5) is 13.6. The highest BCUT2D eigenvalue weighted by Crippen LogP contribution is 2.27. The summed E-state index contributed by atoms with van der Waals surface area (Å²) in [5.74, 6) is -0.348. The predicted octanol–water partition coefficient (Wildman–Crippen LogP) is 0.442. The Morgan fingerprint density at radius 1 is 1.39 bits per heavy atom. The zero-order chi connectivity index (χ0) is 17.3. The molecule has 1 aromatic heterocycles. The van der Waals surface area contributed by atoms with Crippen LogP contribution in [0.3, 0.4) is 0 Å². The highest BCUT2D eigenvalue weighted by Gasteiger charge is 2.34. The number of likely N-dealkylation sites (tertiary alicyclic amines) is 1. The van der Waals surface area contributed by atoms with Crippen molar-refractivity contribution in [3.8, 4) is 0 Å². The number of hydrogen-bond donors (Lipinski definition) is 1. The molecule has 0 atom stereocenters. The summed E-state index contributed by atoms with van der Waals surface area (Å²) in [6.45, 7) is 0.416. The number of hydrogen-bond acceptors (Lipinski definition) is 4. The number of aromatic nitrogens is 2. The minimum Gasteiger partial charge on any atom is -0.341 e. The average Bonchev–Trinajstić information content (AvgIpc) is 2.86. The van der Waals surface area contributed by atoms with Gasteiger partial charge in [-0.05, 0) is 18.9 Å². The second-order valence-electron chi connectivity index (χ2n) is 5.44. The summed E-state index contributed by atoms with van der Waals surface area (Å²) in [5, 5.41) is 3.33. The van der Waals surface area contributed by atoms with Crippen LogP contribution in [0.25, 0.3) is 0 Å². The standard InChI is InChI=1S/C12H17F3N4O3S/c1-23(21,22)17-9-2-5-18(6-3-9)11(20)8-19-7-4-10(16-19)12(13,14)15/h4,7,9,17H,2-3,5-6,8H2,1H3. The molecule has 0 unspecified atom stereocenters. The Morgan fingerprint density at radius 3 is 2.48 bits per heavy atom. The lowest BCUT2D eigenvalue weighted by Crippen LogP contribution is -2.47. The van der Waals surface area contributed by atoms with Crippen LogP contribution in [0, 0.1) is 0 Å². The molecule has 0 saturated carbocycles. The molecule has 1 aliphatic rings. The number of halogens is 3. The van der Waals surface area contributed by atoms with Crippen LogP contribution < -0.4 is 4.72 Å². The first-order valence-corrected chi connectivity index (χ1v) is 8.79. The Labute approximate surface area is 131 Å². The maximum absolute atomic E-state index is 12.4. The minimum absolute atomic E-state index is 0.226. The lowest BCUT2D eigenvalue weighted by atomic mass is 10.1. The number of nitrogens with zero attached hydrogens (tertiary/aromatic N) is 3. The van der Waals surface area contributed by atoms with Crippen molar-refractivity contribution in [1.29, 1.82) is 0 Å². The molecule has 1 amide bonds. The Balaban J connectivity index is 1.87. The molecule has 7 nitrogen and oxygen atoms in total. The van der Waals surface area contributed by atoms with Crippen LogP contribution in [0.4, 0.5) is 13.2 Å². The van der Waals surface area contributed by atoms with Gasteiger partial charge in [0.05, 0.1) is 6.26 Å². The third-order valence-electron chi connectivity index (χ3n) is 3.46. The second-order valence-corrected chi connectivity index (χ2v) is 7.22. The molecule has 2 heterocycles. The second kappa shape index (κ2) is 6.48. The van der Waals surface area contributed by atoms with Crippen molar-refractivity contribution in [2.24, 2.45) is 0 Å². The van der Waals surface area contributed by atoms with E-state index in [9.17, 15) is 26.4 Å². The monoisotopic (exact) mass is 354 g/mol. The van der Waals surface area contributed by atoms with Crippen LogP contribution >= 0.6 is 0 Å². The Bertz CT molecular complexity index is 663. The van der Waals surface area contributed by atoms with Gasteiger partial charge in [0, 0.05) is 25.3 Å². The third kappa shape index (κ3) is 5.20. The van der Waals surface area contributed by atoms with Crippen LogP contribution in [0.5, 0.6) is 0 Å². The van der Waals surface area contributed by atoms with Gasteiger partial charge in [0.15, 0.2) is 5.69 Å². The van der Waals surface area contributed by atoms with Gasteiger partial charge in [-0.25, -0.2) is 13.1 Å². The average molecular weight is 354 g/mol. The van der Waals surface area contributed by atoms with E-state index < -0.39 is 21.9 Å². The Kier molecular flexibility index (Phi) is 4.99. The molecular formula is C12H17F3N4O3S. The van der Waals surface area contributed by atoms with Gasteiger partial charge in [-0.15, -0.1) is 0 Å². The van der Waals surface area contributed by atoms with Gasteiger partial charge < -0.3 is 4.90 Å². The minimum atomic E-state index is -4.54. The smallest absolute Gasteiger partial charge is 0.341 e. The van der Waals surface area contributed by atoms with E-state index in [2.05, 4.69) is 9.82 Å². The molecule has 0 radical (unpaired) electrons. The van der Waals surface area contributed by atoms with Crippen molar-refractivity contribution >= 4 is 15.9 Å². The summed E-state index contributed by atoms with van der Waals surface area (Å²) < 4.78 is 63.1. The van der Waals surface area contributed by atoms with E-state index in [1.165, 1.54) is 4.90 Å². The number of sulfonamides is 1. The van der Waals surface area contributed by atoms with Crippen LogP contribution in [0.2, 0.25) is 0 Å². The summed E-state index contributed by atoms with van der Waals surface area (Å²) in [7, 11) is -3.30. The third-order valence-corrected chi connectivity index (χ3v) is 4.22. The van der Waals surface area contributed by atoms with Crippen LogP contribution in [0.15, 0.2) is 12.3 Å². The van der Waals surface area contributed by atoms with E-state index in [4.69, 9.17) is 0 Å². The molecule has 23 heavy (non-hydrogen) atoms. The quantitative estimate of drug-likeness (QED) is 0.851. The number of carbonyl (C=O) groups is 1. The zero-order valence-corrected chi connectivity index (χ0v) is 13.2. The number of piperidine rings is 1. The van der Waals surface area contributed by atoms with E-state index in [1.54, 1.807) is 0 Å². The molecule has 1 N–H and O–H groups in total. The van der Waals surface area contributed by atoms with E-state index >= 15 is 0 Å². The first-order chi connectivity index (χ1) is 10.5. The van der Waals surface area contributed by atoms with Crippen LogP contribution in [0.1, 0.15) is 18.5 Å². The lowest BCUT2D eigenvalue weighted by Gasteiger charge is -2.32. The van der Waals surface area contributed by atoms with Gasteiger partial charge in [-0.1, -0.05) is 0 Å². The van der Waals surface area contributed by atoms with Crippen LogP contribution in [-0.2, 0) is 27.5 Å². The molecule has 1 fully saturated rings. The Hall–Kier alpha value is -1.62. The molecule has 130 valence electrons. The van der Waals surface area contributed by atoms with Crippen molar-refractivity contribution in [1.82, 2.24) is 19.4 Å². The first kappa shape index (κ1) is 17.7. The fraction of sp³-hybridized carbons (Fsp3) is 0.667. The molecule has 0 bridgehead atoms. The summed E-state index contributed by atoms with van der Waals surface area (Å²) in [6, 6.07) is 0.589. The molecule has 1 aliphatic heterocycles. The SMILES string of the molecule is CS(=O)(=O)NC1CCN(C(=O)Cn2ccc(C(F)(F)F)n2)CC1. The normalized spacial score (nSPS) is 17.5. The molecule has 0 spiro atoms. The molecule has 1 saturated heterocycles. The number of nitrogens with one attached hydrogen (secondary N) is 1. The predicted molar refractivity (Wildman–Crippen MR) is 74.8 cm³/mol. The molecule has 0 aliphatic carbocycles. The van der Waals surface area contributed by atoms with E-state index in [0.717, 1.165) is 23.2 Å². The summed E-state index contributed by atoms with van der Waals surface area (Å²) in [6.07, 6.45) is -1.43. The molecule has 2 rings (SSSR count). The topological polar surface area (TPSA) is 84.3 Å². The fourth-order valence-corrected chi connectivity index (χ4v) is 3.23. The van der Waals surface area contributed by atoms with Gasteiger partial charge in [-0.3, -0.25) is 9.48 Å². The maximum atomic E-state index is 12.4. The highest BCUT2D eigenvalue weighted by molar-refractivity contribution is 7.88. The number of alkyl halides is 3. The number of carbonyl (C=O) groups excluding carboxylic acids is 1. The Morgan fingerprint density at radius 2 is 2.00 bits per heavy atom. The number of rotatable bonds is 4. The van der Waals surface area contributed by atoms with E-state index in [-0.39, 0.29) is 18.5 Å². The van der Waals surface area contributed by atoms with Crippen molar-refractivity contribution in [2.75, 3.05) is 19.3 Å². The molecule has 1 aromatic rings. The van der Waals surface area contributed by atoms with Gasteiger partial charge in [0.2, 0.25) is 15.9 Å².